The number of nitriles is 1. The van der Waals surface area contributed by atoms with E-state index in [1.807, 2.05) is 0 Å². The first-order chi connectivity index (χ1) is 21.0. The number of nitrogens with zero attached hydrogens (tertiary/aromatic N) is 5. The molecule has 0 radical (unpaired) electrons. The van der Waals surface area contributed by atoms with E-state index in [4.69, 9.17) is 21.6 Å². The Morgan fingerprint density at radius 1 is 1.09 bits per heavy atom. The lowest BCUT2D eigenvalue weighted by atomic mass is 10.0. The molecule has 1 amide bonds. The lowest BCUT2D eigenvalue weighted by molar-refractivity contribution is -0.214. The van der Waals surface area contributed by atoms with Crippen molar-refractivity contribution in [1.82, 2.24) is 14.5 Å². The number of phenolic OH excluding ortho intramolecular Hbond substituents is 1. The molecule has 9 nitrogen and oxygen atoms in total. The van der Waals surface area contributed by atoms with Crippen molar-refractivity contribution in [2.75, 3.05) is 18.0 Å². The van der Waals surface area contributed by atoms with Crippen LogP contribution in [0.5, 0.6) is 5.75 Å². The zero-order valence-electron chi connectivity index (χ0n) is 22.6. The second kappa shape index (κ2) is 12.4. The molecule has 5 rings (SSSR count). The molecule has 1 aliphatic heterocycles. The molecule has 14 heteroatoms. The fourth-order valence-electron chi connectivity index (χ4n) is 4.87. The van der Waals surface area contributed by atoms with E-state index in [1.165, 1.54) is 47.8 Å². The summed E-state index contributed by atoms with van der Waals surface area (Å²) in [6.45, 7) is -0.124. The molecule has 226 valence electrons. The van der Waals surface area contributed by atoms with Gasteiger partial charge < -0.3 is 19.3 Å². The number of para-hydroxylation sites is 1. The summed E-state index contributed by atoms with van der Waals surface area (Å²) in [7, 11) is 0. The first-order valence-corrected chi connectivity index (χ1v) is 13.4. The Labute approximate surface area is 253 Å². The van der Waals surface area contributed by atoms with E-state index in [-0.39, 0.29) is 48.2 Å². The zero-order valence-corrected chi connectivity index (χ0v) is 23.4. The third-order valence-corrected chi connectivity index (χ3v) is 7.22. The van der Waals surface area contributed by atoms with E-state index in [1.54, 1.807) is 41.0 Å². The molecule has 0 aliphatic carbocycles. The summed E-state index contributed by atoms with van der Waals surface area (Å²) >= 11 is 6.23. The summed E-state index contributed by atoms with van der Waals surface area (Å²) in [6, 6.07) is 16.6. The number of piperazine rings is 1. The number of benzene rings is 3. The minimum Gasteiger partial charge on any atom is -0.507 e. The number of rotatable bonds is 7. The van der Waals surface area contributed by atoms with E-state index >= 15 is 0 Å². The predicted molar refractivity (Wildman–Crippen MR) is 150 cm³/mol. The van der Waals surface area contributed by atoms with Gasteiger partial charge in [0.05, 0.1) is 23.3 Å². The summed E-state index contributed by atoms with van der Waals surface area (Å²) in [4.78, 5) is 32.3. The number of aromatic hydroxyl groups is 1. The molecule has 1 fully saturated rings. The van der Waals surface area contributed by atoms with Crippen molar-refractivity contribution in [3.63, 3.8) is 0 Å². The van der Waals surface area contributed by atoms with Crippen LogP contribution in [0.15, 0.2) is 73.2 Å². The number of phenols is 1. The molecule has 1 aliphatic rings. The number of carbonyl (C=O) groups excluding carboxylic acids is 2. The molecule has 2 heterocycles. The molecule has 0 bridgehead atoms. The summed E-state index contributed by atoms with van der Waals surface area (Å²) < 4.78 is 60.4. The molecule has 0 spiro atoms. The number of alkyl halides is 3. The second-order valence-corrected chi connectivity index (χ2v) is 10.3. The van der Waals surface area contributed by atoms with Crippen LogP contribution in [-0.2, 0) is 27.4 Å². The highest BCUT2D eigenvalue weighted by atomic mass is 35.5. The van der Waals surface area contributed by atoms with Crippen LogP contribution < -0.4 is 4.90 Å². The van der Waals surface area contributed by atoms with Crippen LogP contribution in [0.25, 0.3) is 11.1 Å². The number of aromatic nitrogens is 2. The van der Waals surface area contributed by atoms with E-state index < -0.39 is 30.1 Å². The maximum absolute atomic E-state index is 14.2. The number of hydrogen-bond acceptors (Lipinski definition) is 7. The van der Waals surface area contributed by atoms with Gasteiger partial charge in [-0.2, -0.15) is 18.4 Å². The monoisotopic (exact) mass is 627 g/mol. The fourth-order valence-corrected chi connectivity index (χ4v) is 5.04. The SMILES string of the molecule is N#Cc1ccc(Cn2cncc2CN2CCN(c3cc(Cl)ccc3-c3ccccc3O)C(=O)C2OC(=O)C(F)(F)F)cc1F. The normalized spacial score (nSPS) is 15.7. The molecule has 1 atom stereocenters. The van der Waals surface area contributed by atoms with Crippen molar-refractivity contribution in [1.29, 1.82) is 5.26 Å². The maximum atomic E-state index is 14.2. The molecule has 44 heavy (non-hydrogen) atoms. The predicted octanol–water partition coefficient (Wildman–Crippen LogP) is 5.25. The van der Waals surface area contributed by atoms with Crippen LogP contribution in [0.4, 0.5) is 23.2 Å². The summed E-state index contributed by atoms with van der Waals surface area (Å²) in [5, 5.41) is 19.7. The van der Waals surface area contributed by atoms with E-state index in [0.717, 1.165) is 4.90 Å². The Morgan fingerprint density at radius 3 is 2.57 bits per heavy atom. The first kappa shape index (κ1) is 30.5. The Balaban J connectivity index is 1.46. The number of imidazole rings is 1. The van der Waals surface area contributed by atoms with Crippen LogP contribution in [0.3, 0.4) is 0 Å². The molecule has 3 aromatic carbocycles. The van der Waals surface area contributed by atoms with Gasteiger partial charge in [-0.1, -0.05) is 41.9 Å². The van der Waals surface area contributed by atoms with E-state index in [0.29, 0.717) is 22.4 Å². The van der Waals surface area contributed by atoms with Gasteiger partial charge in [0.25, 0.3) is 5.91 Å². The zero-order chi connectivity index (χ0) is 31.6. The number of esters is 1. The third kappa shape index (κ3) is 6.36. The lowest BCUT2D eigenvalue weighted by Crippen LogP contribution is -2.59. The first-order valence-electron chi connectivity index (χ1n) is 13.0. The van der Waals surface area contributed by atoms with Crippen molar-refractivity contribution in [2.45, 2.75) is 25.5 Å². The van der Waals surface area contributed by atoms with Crippen molar-refractivity contribution in [3.8, 4) is 22.9 Å². The van der Waals surface area contributed by atoms with Crippen molar-refractivity contribution in [3.05, 3.63) is 101 Å². The van der Waals surface area contributed by atoms with Gasteiger partial charge in [-0.15, -0.1) is 0 Å². The number of carbonyl (C=O) groups is 2. The van der Waals surface area contributed by atoms with Gasteiger partial charge in [0.15, 0.2) is 0 Å². The topological polar surface area (TPSA) is 112 Å². The van der Waals surface area contributed by atoms with Crippen molar-refractivity contribution in [2.24, 2.45) is 0 Å². The molecule has 0 saturated carbocycles. The highest BCUT2D eigenvalue weighted by Gasteiger charge is 2.47. The number of amides is 1. The molecular weight excluding hydrogens is 606 g/mol. The van der Waals surface area contributed by atoms with Gasteiger partial charge in [0.2, 0.25) is 6.23 Å². The van der Waals surface area contributed by atoms with Crippen LogP contribution in [0, 0.1) is 17.1 Å². The molecular formula is C30H22ClF4N5O4. The number of anilines is 1. The van der Waals surface area contributed by atoms with Gasteiger partial charge >= 0.3 is 12.1 Å². The van der Waals surface area contributed by atoms with E-state index in [2.05, 4.69) is 4.98 Å². The number of hydrogen-bond donors (Lipinski definition) is 1. The van der Waals surface area contributed by atoms with Crippen LogP contribution in [0.1, 0.15) is 16.8 Å². The minimum absolute atomic E-state index is 0.0329. The van der Waals surface area contributed by atoms with Gasteiger partial charge in [-0.05, 0) is 35.9 Å². The van der Waals surface area contributed by atoms with Gasteiger partial charge in [0.1, 0.15) is 17.6 Å². The number of halogens is 5. The fraction of sp³-hybridized carbons (Fsp3) is 0.200. The highest BCUT2D eigenvalue weighted by molar-refractivity contribution is 6.31. The van der Waals surface area contributed by atoms with Gasteiger partial charge in [0, 0.05) is 48.5 Å². The summed E-state index contributed by atoms with van der Waals surface area (Å²) in [5.74, 6) is -4.32. The largest absolute Gasteiger partial charge is 0.507 e. The quantitative estimate of drug-likeness (QED) is 0.220. The van der Waals surface area contributed by atoms with Crippen LogP contribution >= 0.6 is 11.6 Å². The average molecular weight is 628 g/mol. The van der Waals surface area contributed by atoms with Crippen molar-refractivity contribution >= 4 is 29.2 Å². The van der Waals surface area contributed by atoms with Gasteiger partial charge in [-0.25, -0.2) is 14.2 Å². The lowest BCUT2D eigenvalue weighted by Gasteiger charge is -2.40. The van der Waals surface area contributed by atoms with Gasteiger partial charge in [-0.3, -0.25) is 9.69 Å². The minimum atomic E-state index is -5.37. The Morgan fingerprint density at radius 2 is 1.86 bits per heavy atom. The Bertz CT molecular complexity index is 1770. The summed E-state index contributed by atoms with van der Waals surface area (Å²) in [5.41, 5.74) is 1.71. The van der Waals surface area contributed by atoms with Crippen LogP contribution in [0.2, 0.25) is 5.02 Å². The third-order valence-electron chi connectivity index (χ3n) is 6.99. The molecule has 4 aromatic rings. The van der Waals surface area contributed by atoms with E-state index in [9.17, 15) is 32.3 Å². The van der Waals surface area contributed by atoms with Crippen molar-refractivity contribution < 1.29 is 37.0 Å². The molecule has 1 saturated heterocycles. The standard InChI is InChI=1S/C30H22ClF4N5O4/c31-20-7-8-22(23-3-1-2-4-26(23)41)25(12-20)40-10-9-38(28(27(40)42)44-29(43)30(33,34)35)16-21-14-37-17-39(21)15-18-5-6-19(13-36)24(32)11-18/h1-8,11-12,14,17,28,41H,9-10,15-16H2. The number of ether oxygens (including phenoxy) is 1. The highest BCUT2D eigenvalue weighted by Crippen LogP contribution is 2.39. The molecule has 1 aromatic heterocycles. The second-order valence-electron chi connectivity index (χ2n) is 9.83. The smallest absolute Gasteiger partial charge is 0.490 e. The maximum Gasteiger partial charge on any atom is 0.490 e. The summed E-state index contributed by atoms with van der Waals surface area (Å²) in [6.07, 6.45) is -4.51. The molecule has 1 unspecified atom stereocenters. The molecule has 1 N–H and O–H groups in total. The average Bonchev–Trinajstić information content (AvgIpc) is 3.41. The Hall–Kier alpha value is -4.93. The van der Waals surface area contributed by atoms with Crippen LogP contribution in [-0.4, -0.2) is 56.9 Å². The Kier molecular flexibility index (Phi) is 8.57.